The van der Waals surface area contributed by atoms with E-state index in [1.807, 2.05) is 48.5 Å². The number of nitrogens with zero attached hydrogens (tertiary/aromatic N) is 2. The third kappa shape index (κ3) is 4.46. The van der Waals surface area contributed by atoms with Gasteiger partial charge in [-0.15, -0.1) is 0 Å². The molecule has 1 atom stereocenters. The molecule has 0 spiro atoms. The maximum atomic E-state index is 12.7. The SMILES string of the molecule is CC1S/C(=C(/C#N)C(=O)NCCc2ccccc2)N(c2ccc(Br)cc2)C1=O. The smallest absolute Gasteiger partial charge is 0.264 e. The summed E-state index contributed by atoms with van der Waals surface area (Å²) in [7, 11) is 0. The van der Waals surface area contributed by atoms with Crippen molar-refractivity contribution in [1.82, 2.24) is 5.32 Å². The predicted octanol–water partition coefficient (Wildman–Crippen LogP) is 4.01. The summed E-state index contributed by atoms with van der Waals surface area (Å²) in [6.07, 6.45) is 0.666. The number of nitriles is 1. The minimum atomic E-state index is -0.468. The third-order valence-corrected chi connectivity index (χ3v) is 5.93. The number of nitrogens with one attached hydrogen (secondary N) is 1. The molecule has 7 heteroatoms. The van der Waals surface area contributed by atoms with Gasteiger partial charge in [0.05, 0.1) is 5.25 Å². The third-order valence-electron chi connectivity index (χ3n) is 4.24. The first-order valence-corrected chi connectivity index (χ1v) is 10.4. The quantitative estimate of drug-likeness (QED) is 0.545. The van der Waals surface area contributed by atoms with Crippen LogP contribution in [-0.4, -0.2) is 23.6 Å². The largest absolute Gasteiger partial charge is 0.351 e. The second-order valence-corrected chi connectivity index (χ2v) is 8.44. The molecular formula is C21H18BrN3O2S. The number of halogens is 1. The molecule has 1 unspecified atom stereocenters. The van der Waals surface area contributed by atoms with E-state index < -0.39 is 5.91 Å². The molecule has 0 bridgehead atoms. The van der Waals surface area contributed by atoms with Crippen LogP contribution in [0.2, 0.25) is 0 Å². The molecular weight excluding hydrogens is 438 g/mol. The number of hydrogen-bond acceptors (Lipinski definition) is 4. The minimum absolute atomic E-state index is 0.0429. The fourth-order valence-corrected chi connectivity index (χ4v) is 4.17. The fraction of sp³-hybridized carbons (Fsp3) is 0.190. The summed E-state index contributed by atoms with van der Waals surface area (Å²) in [6.45, 7) is 2.18. The van der Waals surface area contributed by atoms with E-state index in [0.717, 1.165) is 10.0 Å². The highest BCUT2D eigenvalue weighted by molar-refractivity contribution is 9.10. The molecule has 5 nitrogen and oxygen atoms in total. The highest BCUT2D eigenvalue weighted by Crippen LogP contribution is 2.40. The van der Waals surface area contributed by atoms with Crippen LogP contribution in [0.25, 0.3) is 0 Å². The molecule has 2 amide bonds. The normalized spacial score (nSPS) is 18.0. The van der Waals surface area contributed by atoms with Gasteiger partial charge in [-0.05, 0) is 43.2 Å². The lowest BCUT2D eigenvalue weighted by Gasteiger charge is -2.18. The molecule has 1 aliphatic heterocycles. The van der Waals surface area contributed by atoms with E-state index in [-0.39, 0.29) is 16.7 Å². The Morgan fingerprint density at radius 3 is 2.54 bits per heavy atom. The second kappa shape index (κ2) is 9.09. The molecule has 1 N–H and O–H groups in total. The maximum absolute atomic E-state index is 12.7. The van der Waals surface area contributed by atoms with Gasteiger partial charge in [-0.3, -0.25) is 14.5 Å². The molecule has 1 fully saturated rings. The van der Waals surface area contributed by atoms with Crippen molar-refractivity contribution < 1.29 is 9.59 Å². The van der Waals surface area contributed by atoms with Gasteiger partial charge in [0.2, 0.25) is 5.91 Å². The van der Waals surface area contributed by atoms with Crippen LogP contribution in [0.4, 0.5) is 5.69 Å². The van der Waals surface area contributed by atoms with Crippen molar-refractivity contribution in [1.29, 1.82) is 5.26 Å². The van der Waals surface area contributed by atoms with Gasteiger partial charge in [0, 0.05) is 16.7 Å². The van der Waals surface area contributed by atoms with E-state index in [4.69, 9.17) is 0 Å². The number of carbonyl (C=O) groups excluding carboxylic acids is 2. The van der Waals surface area contributed by atoms with Gasteiger partial charge in [-0.2, -0.15) is 5.26 Å². The van der Waals surface area contributed by atoms with Crippen LogP contribution in [0, 0.1) is 11.3 Å². The summed E-state index contributed by atoms with van der Waals surface area (Å²) in [5, 5.41) is 12.4. The average molecular weight is 456 g/mol. The van der Waals surface area contributed by atoms with Crippen LogP contribution in [0.5, 0.6) is 0 Å². The van der Waals surface area contributed by atoms with Gasteiger partial charge in [0.25, 0.3) is 5.91 Å². The zero-order valence-corrected chi connectivity index (χ0v) is 17.6. The number of carbonyl (C=O) groups is 2. The van der Waals surface area contributed by atoms with Crippen molar-refractivity contribution >= 4 is 45.2 Å². The lowest BCUT2D eigenvalue weighted by Crippen LogP contribution is -2.31. The molecule has 0 saturated carbocycles. The Hall–Kier alpha value is -2.56. The van der Waals surface area contributed by atoms with Gasteiger partial charge in [-0.25, -0.2) is 0 Å². The number of thioether (sulfide) groups is 1. The molecule has 0 radical (unpaired) electrons. The van der Waals surface area contributed by atoms with Crippen molar-refractivity contribution in [3.63, 3.8) is 0 Å². The predicted molar refractivity (Wildman–Crippen MR) is 114 cm³/mol. The van der Waals surface area contributed by atoms with E-state index >= 15 is 0 Å². The van der Waals surface area contributed by atoms with Crippen molar-refractivity contribution in [2.45, 2.75) is 18.6 Å². The standard InChI is InChI=1S/C21H18BrN3O2S/c1-14-20(27)25(17-9-7-16(22)8-10-17)21(28-14)18(13-23)19(26)24-12-11-15-5-3-2-4-6-15/h2-10,14H,11-12H2,1H3,(H,24,26)/b21-18-. The molecule has 1 aliphatic rings. The highest BCUT2D eigenvalue weighted by atomic mass is 79.9. The number of amides is 2. The lowest BCUT2D eigenvalue weighted by atomic mass is 10.1. The molecule has 1 saturated heterocycles. The summed E-state index contributed by atoms with van der Waals surface area (Å²) < 4.78 is 0.883. The molecule has 1 heterocycles. The first kappa shape index (κ1) is 20.2. The molecule has 28 heavy (non-hydrogen) atoms. The Labute approximate surface area is 176 Å². The van der Waals surface area contributed by atoms with Crippen LogP contribution in [-0.2, 0) is 16.0 Å². The van der Waals surface area contributed by atoms with Gasteiger partial charge in [0.15, 0.2) is 0 Å². The Kier molecular flexibility index (Phi) is 6.55. The van der Waals surface area contributed by atoms with Crippen LogP contribution in [0.15, 0.2) is 69.7 Å². The van der Waals surface area contributed by atoms with Gasteiger partial charge in [0.1, 0.15) is 16.7 Å². The second-order valence-electron chi connectivity index (χ2n) is 6.19. The molecule has 142 valence electrons. The number of hydrogen-bond donors (Lipinski definition) is 1. The number of benzene rings is 2. The van der Waals surface area contributed by atoms with E-state index in [2.05, 4.69) is 21.2 Å². The van der Waals surface area contributed by atoms with Crippen LogP contribution in [0.1, 0.15) is 12.5 Å². The molecule has 0 aliphatic carbocycles. The molecule has 2 aromatic rings. The van der Waals surface area contributed by atoms with E-state index in [9.17, 15) is 14.9 Å². The Morgan fingerprint density at radius 1 is 1.21 bits per heavy atom. The number of rotatable bonds is 5. The Balaban J connectivity index is 1.82. The van der Waals surface area contributed by atoms with Gasteiger partial charge in [-0.1, -0.05) is 58.0 Å². The van der Waals surface area contributed by atoms with Crippen molar-refractivity contribution in [2.75, 3.05) is 11.4 Å². The highest BCUT2D eigenvalue weighted by Gasteiger charge is 2.38. The van der Waals surface area contributed by atoms with E-state index in [0.29, 0.717) is 23.7 Å². The van der Waals surface area contributed by atoms with Gasteiger partial charge >= 0.3 is 0 Å². The molecule has 3 rings (SSSR count). The maximum Gasteiger partial charge on any atom is 0.264 e. The number of anilines is 1. The Bertz CT molecular complexity index is 952. The molecule has 0 aromatic heterocycles. The van der Waals surface area contributed by atoms with Gasteiger partial charge < -0.3 is 5.32 Å². The minimum Gasteiger partial charge on any atom is -0.351 e. The summed E-state index contributed by atoms with van der Waals surface area (Å²) in [5.41, 5.74) is 1.69. The van der Waals surface area contributed by atoms with Crippen LogP contribution >= 0.6 is 27.7 Å². The fourth-order valence-electron chi connectivity index (χ4n) is 2.81. The first-order chi connectivity index (χ1) is 13.5. The van der Waals surface area contributed by atoms with Crippen molar-refractivity contribution in [3.8, 4) is 6.07 Å². The monoisotopic (exact) mass is 455 g/mol. The zero-order chi connectivity index (χ0) is 20.1. The van der Waals surface area contributed by atoms with Crippen LogP contribution < -0.4 is 10.2 Å². The lowest BCUT2D eigenvalue weighted by molar-refractivity contribution is -0.117. The van der Waals surface area contributed by atoms with Crippen LogP contribution in [0.3, 0.4) is 0 Å². The summed E-state index contributed by atoms with van der Waals surface area (Å²) >= 11 is 4.61. The summed E-state index contributed by atoms with van der Waals surface area (Å²) in [6, 6.07) is 19.0. The topological polar surface area (TPSA) is 73.2 Å². The summed E-state index contributed by atoms with van der Waals surface area (Å²) in [4.78, 5) is 26.8. The first-order valence-electron chi connectivity index (χ1n) is 8.74. The van der Waals surface area contributed by atoms with E-state index in [1.54, 1.807) is 19.1 Å². The van der Waals surface area contributed by atoms with E-state index in [1.165, 1.54) is 16.7 Å². The van der Waals surface area contributed by atoms with Crippen molar-refractivity contribution in [3.05, 3.63) is 75.2 Å². The average Bonchev–Trinajstić information content (AvgIpc) is 2.98. The molecule has 2 aromatic carbocycles. The van der Waals surface area contributed by atoms with Crippen molar-refractivity contribution in [2.24, 2.45) is 0 Å². The summed E-state index contributed by atoms with van der Waals surface area (Å²) in [5.74, 6) is -0.614. The zero-order valence-electron chi connectivity index (χ0n) is 15.2. The Morgan fingerprint density at radius 2 is 1.89 bits per heavy atom.